The van der Waals surface area contributed by atoms with Crippen molar-refractivity contribution in [3.8, 4) is 0 Å². The van der Waals surface area contributed by atoms with Crippen LogP contribution in [-0.4, -0.2) is 50.2 Å². The number of H-pyrrole nitrogens is 1. The zero-order chi connectivity index (χ0) is 25.4. The number of hydrogen-bond acceptors (Lipinski definition) is 7. The molecule has 2 N–H and O–H groups in total. The number of halogens is 2. The Morgan fingerprint density at radius 3 is 2.81 bits per heavy atom. The molecule has 36 heavy (non-hydrogen) atoms. The third kappa shape index (κ3) is 5.18. The van der Waals surface area contributed by atoms with Crippen LogP contribution in [0.5, 0.6) is 0 Å². The van der Waals surface area contributed by atoms with Crippen LogP contribution in [0.15, 0.2) is 57.7 Å². The van der Waals surface area contributed by atoms with E-state index in [9.17, 15) is 14.4 Å². The number of rotatable bonds is 6. The number of aromatic amines is 1. The molecule has 1 aromatic heterocycles. The van der Waals surface area contributed by atoms with Crippen LogP contribution in [0.2, 0.25) is 5.02 Å². The quantitative estimate of drug-likeness (QED) is 0.372. The average molecular weight is 604 g/mol. The highest BCUT2D eigenvalue weighted by molar-refractivity contribution is 9.10. The third-order valence-electron chi connectivity index (χ3n) is 6.04. The summed E-state index contributed by atoms with van der Waals surface area (Å²) in [6.07, 6.45) is 1.98. The zero-order valence-corrected chi connectivity index (χ0v) is 22.9. The monoisotopic (exact) mass is 602 g/mol. The lowest BCUT2D eigenvalue weighted by Gasteiger charge is -2.21. The number of nitrogens with one attached hydrogen (secondary N) is 2. The van der Waals surface area contributed by atoms with Gasteiger partial charge in [0.2, 0.25) is 11.1 Å². The van der Waals surface area contributed by atoms with Gasteiger partial charge in [-0.25, -0.2) is 4.98 Å². The van der Waals surface area contributed by atoms with E-state index in [0.717, 1.165) is 32.9 Å². The number of carbonyl (C=O) groups is 3. The standard InChI is InChI=1S/C25H20BrClN4O3S2/c1-12-8-14-2-5-15(26)9-17(14)22(34)20(12)24-29-25(31-30-24)36-11-19(33)28-21-18(32)10-35-23(21)13-3-6-16(27)7-4-13/h2-9,20-21,23H,10-11H2,1H3,(H,28,33)(H,29,30,31). The van der Waals surface area contributed by atoms with Gasteiger partial charge in [-0.3, -0.25) is 19.5 Å². The van der Waals surface area contributed by atoms with Crippen LogP contribution in [0.3, 0.4) is 0 Å². The Morgan fingerprint density at radius 1 is 1.25 bits per heavy atom. The van der Waals surface area contributed by atoms with E-state index in [1.165, 1.54) is 11.8 Å². The lowest BCUT2D eigenvalue weighted by Crippen LogP contribution is -2.42. The van der Waals surface area contributed by atoms with Crippen LogP contribution < -0.4 is 5.32 Å². The van der Waals surface area contributed by atoms with Gasteiger partial charge in [-0.1, -0.05) is 69.1 Å². The number of amides is 1. The molecule has 1 aliphatic carbocycles. The smallest absolute Gasteiger partial charge is 0.231 e. The van der Waals surface area contributed by atoms with Crippen molar-refractivity contribution in [3.63, 3.8) is 0 Å². The number of nitrogens with zero attached hydrogens (tertiary/aromatic N) is 2. The molecule has 2 heterocycles. The summed E-state index contributed by atoms with van der Waals surface area (Å²) in [5.74, 6) is -0.0800. The molecule has 3 unspecified atom stereocenters. The predicted molar refractivity (Wildman–Crippen MR) is 146 cm³/mol. The molecular formula is C25H20BrClN4O3S2. The lowest BCUT2D eigenvalue weighted by molar-refractivity contribution is -0.124. The summed E-state index contributed by atoms with van der Waals surface area (Å²) in [5.41, 5.74) is 3.31. The van der Waals surface area contributed by atoms with Crippen LogP contribution in [0.1, 0.15) is 45.4 Å². The van der Waals surface area contributed by atoms with Crippen LogP contribution in [-0.2, 0) is 9.59 Å². The van der Waals surface area contributed by atoms with Crippen LogP contribution in [0.4, 0.5) is 0 Å². The highest BCUT2D eigenvalue weighted by Gasteiger charge is 2.37. The third-order valence-corrected chi connectivity index (χ3v) is 8.99. The number of thioether (sulfide) groups is 2. The molecule has 1 amide bonds. The molecule has 0 bridgehead atoms. The summed E-state index contributed by atoms with van der Waals surface area (Å²) >= 11 is 12.1. The molecule has 5 rings (SSSR count). The summed E-state index contributed by atoms with van der Waals surface area (Å²) in [7, 11) is 0. The van der Waals surface area contributed by atoms with E-state index >= 15 is 0 Å². The number of hydrogen-bond donors (Lipinski definition) is 2. The van der Waals surface area contributed by atoms with Crippen LogP contribution in [0, 0.1) is 0 Å². The number of Topliss-reactive ketones (excluding diaryl/α,β-unsaturated/α-hetero) is 2. The molecule has 1 saturated heterocycles. The predicted octanol–water partition coefficient (Wildman–Crippen LogP) is 5.24. The van der Waals surface area contributed by atoms with Crippen molar-refractivity contribution in [3.05, 3.63) is 80.0 Å². The Labute approximate surface area is 229 Å². The minimum atomic E-state index is -0.598. The van der Waals surface area contributed by atoms with Gasteiger partial charge >= 0.3 is 0 Å². The van der Waals surface area contributed by atoms with Gasteiger partial charge in [-0.05, 0) is 42.3 Å². The second-order valence-corrected chi connectivity index (χ2v) is 11.9. The Kier molecular flexibility index (Phi) is 7.39. The first-order valence-corrected chi connectivity index (χ1v) is 14.3. The fraction of sp³-hybridized carbons (Fsp3) is 0.240. The largest absolute Gasteiger partial charge is 0.344 e. The van der Waals surface area contributed by atoms with Gasteiger partial charge in [0.15, 0.2) is 11.6 Å². The lowest BCUT2D eigenvalue weighted by atomic mass is 9.82. The van der Waals surface area contributed by atoms with Gasteiger partial charge in [0.05, 0.1) is 16.8 Å². The maximum Gasteiger partial charge on any atom is 0.231 e. The molecule has 1 aliphatic heterocycles. The summed E-state index contributed by atoms with van der Waals surface area (Å²) in [6.45, 7) is 1.89. The first kappa shape index (κ1) is 25.3. The summed E-state index contributed by atoms with van der Waals surface area (Å²) in [5, 5.41) is 10.8. The Morgan fingerprint density at radius 2 is 2.03 bits per heavy atom. The first-order valence-electron chi connectivity index (χ1n) is 11.1. The number of benzene rings is 2. The van der Waals surface area contributed by atoms with E-state index in [1.807, 2.05) is 43.3 Å². The zero-order valence-electron chi connectivity index (χ0n) is 19.0. The molecule has 11 heteroatoms. The number of aromatic nitrogens is 3. The first-order chi connectivity index (χ1) is 17.3. The number of fused-ring (bicyclic) bond motifs is 1. The van der Waals surface area contributed by atoms with E-state index < -0.39 is 12.0 Å². The molecule has 184 valence electrons. The van der Waals surface area contributed by atoms with Crippen molar-refractivity contribution in [1.29, 1.82) is 0 Å². The molecule has 0 radical (unpaired) electrons. The highest BCUT2D eigenvalue weighted by Crippen LogP contribution is 2.39. The minimum Gasteiger partial charge on any atom is -0.344 e. The van der Waals surface area contributed by atoms with E-state index in [1.54, 1.807) is 12.1 Å². The number of ketones is 2. The molecule has 1 fully saturated rings. The van der Waals surface area contributed by atoms with Crippen molar-refractivity contribution in [2.75, 3.05) is 11.5 Å². The van der Waals surface area contributed by atoms with Gasteiger partial charge in [-0.2, -0.15) is 0 Å². The van der Waals surface area contributed by atoms with E-state index in [0.29, 0.717) is 27.3 Å². The Balaban J connectivity index is 1.23. The fourth-order valence-electron chi connectivity index (χ4n) is 4.32. The second kappa shape index (κ2) is 10.5. The van der Waals surface area contributed by atoms with Gasteiger partial charge in [-0.15, -0.1) is 16.9 Å². The molecule has 2 aliphatic rings. The Hall–Kier alpha value is -2.40. The Bertz CT molecular complexity index is 1390. The van der Waals surface area contributed by atoms with E-state index in [2.05, 4.69) is 36.4 Å². The van der Waals surface area contributed by atoms with Crippen molar-refractivity contribution < 1.29 is 14.4 Å². The average Bonchev–Trinajstić information content (AvgIpc) is 3.46. The topological polar surface area (TPSA) is 105 Å². The van der Waals surface area contributed by atoms with Crippen molar-refractivity contribution >= 4 is 74.6 Å². The molecule has 3 aromatic rings. The van der Waals surface area contributed by atoms with E-state index in [4.69, 9.17) is 11.6 Å². The van der Waals surface area contributed by atoms with E-state index in [-0.39, 0.29) is 28.5 Å². The van der Waals surface area contributed by atoms with Gasteiger partial charge in [0.1, 0.15) is 17.8 Å². The van der Waals surface area contributed by atoms with Crippen molar-refractivity contribution in [2.45, 2.75) is 29.3 Å². The van der Waals surface area contributed by atoms with Crippen LogP contribution in [0.25, 0.3) is 6.08 Å². The van der Waals surface area contributed by atoms with Crippen LogP contribution >= 0.6 is 51.1 Å². The molecular weight excluding hydrogens is 584 g/mol. The van der Waals surface area contributed by atoms with Gasteiger partial charge in [0.25, 0.3) is 0 Å². The second-order valence-electron chi connectivity index (χ2n) is 8.50. The molecule has 2 aromatic carbocycles. The minimum absolute atomic E-state index is 0.0107. The summed E-state index contributed by atoms with van der Waals surface area (Å²) < 4.78 is 0.832. The number of allylic oxidation sites excluding steroid dienone is 1. The number of carbonyl (C=O) groups excluding carboxylic acids is 3. The maximum absolute atomic E-state index is 13.2. The summed E-state index contributed by atoms with van der Waals surface area (Å²) in [6, 6.07) is 12.3. The molecule has 7 nitrogen and oxygen atoms in total. The molecule has 3 atom stereocenters. The summed E-state index contributed by atoms with van der Waals surface area (Å²) in [4.78, 5) is 42.8. The van der Waals surface area contributed by atoms with Gasteiger partial charge in [0, 0.05) is 15.1 Å². The SMILES string of the molecule is CC1=Cc2ccc(Br)cc2C(=O)C1c1nc(SCC(=O)NC2C(=O)CSC2c2ccc(Cl)cc2)n[nH]1. The molecule has 0 spiro atoms. The van der Waals surface area contributed by atoms with Gasteiger partial charge < -0.3 is 5.32 Å². The normalized spacial score (nSPS) is 21.3. The highest BCUT2D eigenvalue weighted by atomic mass is 79.9. The maximum atomic E-state index is 13.2. The van der Waals surface area contributed by atoms with Crippen molar-refractivity contribution in [2.24, 2.45) is 0 Å². The molecule has 0 saturated carbocycles. The fourth-order valence-corrected chi connectivity index (χ4v) is 6.71. The van der Waals surface area contributed by atoms with Crippen molar-refractivity contribution in [1.82, 2.24) is 20.5 Å².